The molecule has 2 rings (SSSR count). The molecule has 0 spiro atoms. The molecule has 0 fully saturated rings. The number of carbonyl (C=O) groups is 1. The highest BCUT2D eigenvalue weighted by molar-refractivity contribution is 9.10. The number of carbonyl (C=O) groups excluding carboxylic acids is 1. The third-order valence-corrected chi connectivity index (χ3v) is 2.81. The van der Waals surface area contributed by atoms with Crippen molar-refractivity contribution in [1.29, 1.82) is 0 Å². The highest BCUT2D eigenvalue weighted by atomic mass is 79.9. The lowest BCUT2D eigenvalue weighted by Crippen LogP contribution is -2.14. The maximum atomic E-state index is 13.6. The third-order valence-electron chi connectivity index (χ3n) is 2.36. The first-order valence-corrected chi connectivity index (χ1v) is 6.14. The largest absolute Gasteiger partial charge is 0.306 e. The summed E-state index contributed by atoms with van der Waals surface area (Å²) in [5, 5.41) is 12.9. The Morgan fingerprint density at radius 1 is 1.35 bits per heavy atom. The molecule has 1 aromatic carbocycles. The Labute approximate surface area is 120 Å². The summed E-state index contributed by atoms with van der Waals surface area (Å²) >= 11 is 3.14. The van der Waals surface area contributed by atoms with Gasteiger partial charge in [-0.25, -0.2) is 9.37 Å². The SMILES string of the molecule is O=C(Nc1cccc(Br)n1)c1ccc([N+](=O)[O-])cc1F. The zero-order valence-electron chi connectivity index (χ0n) is 9.84. The van der Waals surface area contributed by atoms with Crippen LogP contribution in [0.1, 0.15) is 10.4 Å². The van der Waals surface area contributed by atoms with Crippen LogP contribution in [0.4, 0.5) is 15.9 Å². The van der Waals surface area contributed by atoms with E-state index in [9.17, 15) is 19.3 Å². The standard InChI is InChI=1S/C12H7BrFN3O3/c13-10-2-1-3-11(15-10)16-12(18)8-5-4-7(17(19)20)6-9(8)14/h1-6H,(H,15,16,18). The molecule has 0 aliphatic heterocycles. The molecular formula is C12H7BrFN3O3. The molecule has 20 heavy (non-hydrogen) atoms. The summed E-state index contributed by atoms with van der Waals surface area (Å²) in [6.07, 6.45) is 0. The highest BCUT2D eigenvalue weighted by Crippen LogP contribution is 2.18. The number of amides is 1. The van der Waals surface area contributed by atoms with Gasteiger partial charge in [0.1, 0.15) is 16.2 Å². The van der Waals surface area contributed by atoms with Gasteiger partial charge in [-0.1, -0.05) is 6.07 Å². The van der Waals surface area contributed by atoms with Crippen LogP contribution < -0.4 is 5.32 Å². The summed E-state index contributed by atoms with van der Waals surface area (Å²) < 4.78 is 14.2. The van der Waals surface area contributed by atoms with Crippen molar-refractivity contribution in [2.75, 3.05) is 5.32 Å². The number of non-ortho nitro benzene ring substituents is 1. The number of aromatic nitrogens is 1. The number of rotatable bonds is 3. The van der Waals surface area contributed by atoms with E-state index in [0.717, 1.165) is 12.1 Å². The van der Waals surface area contributed by atoms with Gasteiger partial charge in [0.2, 0.25) is 0 Å². The van der Waals surface area contributed by atoms with E-state index in [1.807, 2.05) is 0 Å². The van der Waals surface area contributed by atoms with Crippen molar-refractivity contribution in [2.24, 2.45) is 0 Å². The van der Waals surface area contributed by atoms with E-state index in [2.05, 4.69) is 26.2 Å². The van der Waals surface area contributed by atoms with Crippen molar-refractivity contribution in [3.63, 3.8) is 0 Å². The van der Waals surface area contributed by atoms with Gasteiger partial charge in [-0.2, -0.15) is 0 Å². The Morgan fingerprint density at radius 3 is 2.70 bits per heavy atom. The smallest absolute Gasteiger partial charge is 0.272 e. The molecule has 8 heteroatoms. The predicted molar refractivity (Wildman–Crippen MR) is 72.9 cm³/mol. The lowest BCUT2D eigenvalue weighted by Gasteiger charge is -2.05. The second kappa shape index (κ2) is 5.74. The average molecular weight is 340 g/mol. The zero-order chi connectivity index (χ0) is 14.7. The van der Waals surface area contributed by atoms with Gasteiger partial charge in [0, 0.05) is 6.07 Å². The first-order chi connectivity index (χ1) is 9.47. The molecule has 1 heterocycles. The molecule has 0 bridgehead atoms. The van der Waals surface area contributed by atoms with E-state index < -0.39 is 22.3 Å². The van der Waals surface area contributed by atoms with E-state index in [0.29, 0.717) is 10.7 Å². The minimum Gasteiger partial charge on any atom is -0.306 e. The fourth-order valence-electron chi connectivity index (χ4n) is 1.46. The maximum absolute atomic E-state index is 13.6. The van der Waals surface area contributed by atoms with E-state index in [4.69, 9.17) is 0 Å². The van der Waals surface area contributed by atoms with Crippen LogP contribution in [0.25, 0.3) is 0 Å². The number of benzene rings is 1. The molecule has 2 aromatic rings. The summed E-state index contributed by atoms with van der Waals surface area (Å²) in [5.41, 5.74) is -0.711. The quantitative estimate of drug-likeness (QED) is 0.528. The third kappa shape index (κ3) is 3.15. The lowest BCUT2D eigenvalue weighted by atomic mass is 10.2. The fourth-order valence-corrected chi connectivity index (χ4v) is 1.81. The Bertz CT molecular complexity index is 693. The predicted octanol–water partition coefficient (Wildman–Crippen LogP) is 3.14. The van der Waals surface area contributed by atoms with Crippen LogP contribution in [-0.2, 0) is 0 Å². The first-order valence-electron chi connectivity index (χ1n) is 5.35. The summed E-state index contributed by atoms with van der Waals surface area (Å²) in [6, 6.07) is 7.67. The number of halogens is 2. The van der Waals surface area contributed by atoms with E-state index >= 15 is 0 Å². The topological polar surface area (TPSA) is 85.1 Å². The maximum Gasteiger partial charge on any atom is 0.272 e. The van der Waals surface area contributed by atoms with E-state index in [1.165, 1.54) is 6.07 Å². The molecule has 1 aromatic heterocycles. The molecule has 6 nitrogen and oxygen atoms in total. The normalized spacial score (nSPS) is 10.1. The van der Waals surface area contributed by atoms with Gasteiger partial charge in [0.15, 0.2) is 0 Å². The van der Waals surface area contributed by atoms with Gasteiger partial charge in [0.05, 0.1) is 16.6 Å². The van der Waals surface area contributed by atoms with E-state index in [1.54, 1.807) is 12.1 Å². The second-order valence-corrected chi connectivity index (χ2v) is 4.53. The van der Waals surface area contributed by atoms with Crippen molar-refractivity contribution in [2.45, 2.75) is 0 Å². The van der Waals surface area contributed by atoms with Crippen LogP contribution in [0.5, 0.6) is 0 Å². The van der Waals surface area contributed by atoms with Gasteiger partial charge in [0.25, 0.3) is 11.6 Å². The minimum absolute atomic E-state index is 0.238. The van der Waals surface area contributed by atoms with Gasteiger partial charge in [-0.3, -0.25) is 14.9 Å². The number of hydrogen-bond acceptors (Lipinski definition) is 4. The monoisotopic (exact) mass is 339 g/mol. The van der Waals surface area contributed by atoms with Crippen molar-refractivity contribution < 1.29 is 14.1 Å². The minimum atomic E-state index is -0.966. The molecule has 102 valence electrons. The Hall–Kier alpha value is -2.35. The van der Waals surface area contributed by atoms with Crippen LogP contribution in [0.2, 0.25) is 0 Å². The number of anilines is 1. The van der Waals surface area contributed by atoms with Crippen molar-refractivity contribution in [1.82, 2.24) is 4.98 Å². The molecule has 0 saturated carbocycles. The lowest BCUT2D eigenvalue weighted by molar-refractivity contribution is -0.385. The molecule has 1 N–H and O–H groups in total. The van der Waals surface area contributed by atoms with Gasteiger partial charge < -0.3 is 5.32 Å². The molecule has 1 amide bonds. The summed E-state index contributed by atoms with van der Waals surface area (Å²) in [7, 11) is 0. The molecule has 0 aliphatic carbocycles. The Balaban J connectivity index is 2.23. The molecule has 0 unspecified atom stereocenters. The first kappa shape index (κ1) is 14.1. The van der Waals surface area contributed by atoms with Crippen molar-refractivity contribution >= 4 is 33.3 Å². The molecular weight excluding hydrogens is 333 g/mol. The van der Waals surface area contributed by atoms with Crippen LogP contribution in [0.15, 0.2) is 41.0 Å². The van der Waals surface area contributed by atoms with Gasteiger partial charge >= 0.3 is 0 Å². The summed E-state index contributed by atoms with van der Waals surface area (Å²) in [4.78, 5) is 25.6. The number of nitro benzene ring substituents is 1. The van der Waals surface area contributed by atoms with Gasteiger partial charge in [-0.15, -0.1) is 0 Å². The molecule has 0 atom stereocenters. The van der Waals surface area contributed by atoms with Gasteiger partial charge in [-0.05, 0) is 34.1 Å². The molecule has 0 saturated heterocycles. The molecule has 0 aliphatic rings. The molecule has 0 radical (unpaired) electrons. The Morgan fingerprint density at radius 2 is 2.10 bits per heavy atom. The van der Waals surface area contributed by atoms with Crippen LogP contribution >= 0.6 is 15.9 Å². The van der Waals surface area contributed by atoms with Crippen LogP contribution in [0, 0.1) is 15.9 Å². The summed E-state index contributed by atoms with van der Waals surface area (Å²) in [5.74, 6) is -1.46. The van der Waals surface area contributed by atoms with Crippen LogP contribution in [0.3, 0.4) is 0 Å². The van der Waals surface area contributed by atoms with E-state index in [-0.39, 0.29) is 11.4 Å². The zero-order valence-corrected chi connectivity index (χ0v) is 11.4. The number of nitrogens with zero attached hydrogens (tertiary/aromatic N) is 2. The number of pyridine rings is 1. The number of nitro groups is 1. The average Bonchev–Trinajstić information content (AvgIpc) is 2.38. The van der Waals surface area contributed by atoms with Crippen molar-refractivity contribution in [3.05, 3.63) is 62.5 Å². The fraction of sp³-hybridized carbons (Fsp3) is 0. The number of nitrogens with one attached hydrogen (secondary N) is 1. The van der Waals surface area contributed by atoms with Crippen molar-refractivity contribution in [3.8, 4) is 0 Å². The number of hydrogen-bond donors (Lipinski definition) is 1. The second-order valence-electron chi connectivity index (χ2n) is 3.72. The van der Waals surface area contributed by atoms with Crippen LogP contribution in [-0.4, -0.2) is 15.8 Å². The summed E-state index contributed by atoms with van der Waals surface area (Å²) in [6.45, 7) is 0. The Kier molecular flexibility index (Phi) is 4.04. The highest BCUT2D eigenvalue weighted by Gasteiger charge is 2.16.